The SMILES string of the molecule is CN1CCOC(Cn2c(=S)[nH]c3ccccc3c2=O)C1. The molecule has 1 unspecified atom stereocenters. The number of H-pyrrole nitrogens is 1. The summed E-state index contributed by atoms with van der Waals surface area (Å²) in [6.07, 6.45) is 0.00251. The summed E-state index contributed by atoms with van der Waals surface area (Å²) >= 11 is 5.30. The molecule has 20 heavy (non-hydrogen) atoms. The van der Waals surface area contributed by atoms with Crippen LogP contribution in [-0.4, -0.2) is 47.3 Å². The second-order valence-electron chi connectivity index (χ2n) is 5.15. The largest absolute Gasteiger partial charge is 0.374 e. The molecule has 0 bridgehead atoms. The van der Waals surface area contributed by atoms with E-state index in [0.29, 0.717) is 23.3 Å². The van der Waals surface area contributed by atoms with E-state index in [1.807, 2.05) is 24.3 Å². The Balaban J connectivity index is 1.99. The highest BCUT2D eigenvalue weighted by atomic mass is 32.1. The van der Waals surface area contributed by atoms with E-state index in [1.54, 1.807) is 4.57 Å². The lowest BCUT2D eigenvalue weighted by molar-refractivity contribution is -0.0281. The molecule has 5 nitrogen and oxygen atoms in total. The standard InChI is InChI=1S/C14H17N3O2S/c1-16-6-7-19-10(8-16)9-17-13(18)11-4-2-3-5-12(11)15-14(17)20/h2-5,10H,6-9H2,1H3,(H,15,20). The predicted octanol–water partition coefficient (Wildman–Crippen LogP) is 1.39. The second-order valence-corrected chi connectivity index (χ2v) is 5.53. The minimum absolute atomic E-state index is 0.00251. The molecule has 2 aromatic rings. The number of fused-ring (bicyclic) bond motifs is 1. The van der Waals surface area contributed by atoms with Gasteiger partial charge < -0.3 is 14.6 Å². The number of hydrogen-bond donors (Lipinski definition) is 1. The number of hydrogen-bond acceptors (Lipinski definition) is 4. The molecule has 1 aromatic heterocycles. The predicted molar refractivity (Wildman–Crippen MR) is 80.6 cm³/mol. The van der Waals surface area contributed by atoms with Gasteiger partial charge in [-0.15, -0.1) is 0 Å². The highest BCUT2D eigenvalue weighted by Gasteiger charge is 2.19. The van der Waals surface area contributed by atoms with Crippen molar-refractivity contribution in [3.05, 3.63) is 39.4 Å². The molecule has 0 spiro atoms. The molecule has 1 aliphatic rings. The van der Waals surface area contributed by atoms with E-state index in [9.17, 15) is 4.79 Å². The van der Waals surface area contributed by atoms with Gasteiger partial charge in [-0.25, -0.2) is 0 Å². The number of likely N-dealkylation sites (N-methyl/N-ethyl adjacent to an activating group) is 1. The summed E-state index contributed by atoms with van der Waals surface area (Å²) in [7, 11) is 2.05. The molecule has 1 N–H and O–H groups in total. The zero-order chi connectivity index (χ0) is 14.1. The molecule has 0 saturated carbocycles. The highest BCUT2D eigenvalue weighted by molar-refractivity contribution is 7.71. The zero-order valence-electron chi connectivity index (χ0n) is 11.3. The number of aromatic nitrogens is 2. The van der Waals surface area contributed by atoms with Crippen molar-refractivity contribution in [3.8, 4) is 0 Å². The molecular weight excluding hydrogens is 274 g/mol. The number of rotatable bonds is 2. The van der Waals surface area contributed by atoms with Gasteiger partial charge >= 0.3 is 0 Å². The molecule has 1 atom stereocenters. The molecule has 2 heterocycles. The Labute approximate surface area is 121 Å². The number of nitrogens with zero attached hydrogens (tertiary/aromatic N) is 2. The van der Waals surface area contributed by atoms with Crippen LogP contribution in [0.15, 0.2) is 29.1 Å². The number of ether oxygens (including phenoxy) is 1. The number of benzene rings is 1. The molecule has 1 aliphatic heterocycles. The summed E-state index contributed by atoms with van der Waals surface area (Å²) in [5, 5.41) is 0.658. The lowest BCUT2D eigenvalue weighted by atomic mass is 10.2. The minimum Gasteiger partial charge on any atom is -0.374 e. The third-order valence-corrected chi connectivity index (χ3v) is 3.94. The van der Waals surface area contributed by atoms with Crippen LogP contribution in [0, 0.1) is 4.77 Å². The summed E-state index contributed by atoms with van der Waals surface area (Å²) in [6.45, 7) is 2.92. The van der Waals surface area contributed by atoms with Crippen molar-refractivity contribution in [3.63, 3.8) is 0 Å². The van der Waals surface area contributed by atoms with Crippen molar-refractivity contribution in [1.29, 1.82) is 0 Å². The maximum absolute atomic E-state index is 12.5. The summed E-state index contributed by atoms with van der Waals surface area (Å²) in [4.78, 5) is 17.8. The van der Waals surface area contributed by atoms with Crippen LogP contribution in [0.25, 0.3) is 10.9 Å². The van der Waals surface area contributed by atoms with Crippen molar-refractivity contribution >= 4 is 23.1 Å². The normalized spacial score (nSPS) is 20.4. The molecule has 0 radical (unpaired) electrons. The molecule has 1 fully saturated rings. The van der Waals surface area contributed by atoms with Gasteiger partial charge in [0.05, 0.1) is 30.2 Å². The molecule has 0 aliphatic carbocycles. The molecule has 6 heteroatoms. The smallest absolute Gasteiger partial charge is 0.262 e. The van der Waals surface area contributed by atoms with Crippen molar-refractivity contribution in [1.82, 2.24) is 14.5 Å². The molecule has 3 rings (SSSR count). The number of morpholine rings is 1. The van der Waals surface area contributed by atoms with Crippen LogP contribution in [0.2, 0.25) is 0 Å². The highest BCUT2D eigenvalue weighted by Crippen LogP contribution is 2.09. The fourth-order valence-corrected chi connectivity index (χ4v) is 2.81. The first-order chi connectivity index (χ1) is 9.65. The molecule has 0 amide bonds. The molecular formula is C14H17N3O2S. The third kappa shape index (κ3) is 2.54. The summed E-state index contributed by atoms with van der Waals surface area (Å²) in [6, 6.07) is 7.42. The first-order valence-corrected chi connectivity index (χ1v) is 7.08. The van der Waals surface area contributed by atoms with E-state index < -0.39 is 0 Å². The van der Waals surface area contributed by atoms with E-state index in [2.05, 4.69) is 16.9 Å². The Morgan fingerprint density at radius 1 is 1.45 bits per heavy atom. The maximum atomic E-state index is 12.5. The van der Waals surface area contributed by atoms with Gasteiger partial charge in [0.15, 0.2) is 4.77 Å². The van der Waals surface area contributed by atoms with Crippen molar-refractivity contribution < 1.29 is 4.74 Å². The van der Waals surface area contributed by atoms with Crippen LogP contribution in [0.3, 0.4) is 0 Å². The van der Waals surface area contributed by atoms with Crippen molar-refractivity contribution in [2.75, 3.05) is 26.7 Å². The summed E-state index contributed by atoms with van der Waals surface area (Å²) in [5.41, 5.74) is 0.724. The van der Waals surface area contributed by atoms with E-state index >= 15 is 0 Å². The fraction of sp³-hybridized carbons (Fsp3) is 0.429. The Morgan fingerprint density at radius 3 is 3.05 bits per heavy atom. The maximum Gasteiger partial charge on any atom is 0.262 e. The summed E-state index contributed by atoms with van der Waals surface area (Å²) in [5.74, 6) is 0. The minimum atomic E-state index is -0.0545. The quantitative estimate of drug-likeness (QED) is 0.850. The first kappa shape index (κ1) is 13.5. The van der Waals surface area contributed by atoms with Gasteiger partial charge in [0.25, 0.3) is 5.56 Å². The van der Waals surface area contributed by atoms with Gasteiger partial charge in [0.2, 0.25) is 0 Å². The van der Waals surface area contributed by atoms with Gasteiger partial charge in [-0.2, -0.15) is 0 Å². The average molecular weight is 291 g/mol. The van der Waals surface area contributed by atoms with Crippen LogP contribution in [-0.2, 0) is 11.3 Å². The molecule has 106 valence electrons. The molecule has 1 aromatic carbocycles. The Bertz CT molecular complexity index is 737. The topological polar surface area (TPSA) is 50.3 Å². The lowest BCUT2D eigenvalue weighted by Crippen LogP contribution is -2.43. The fourth-order valence-electron chi connectivity index (χ4n) is 2.55. The average Bonchev–Trinajstić information content (AvgIpc) is 2.43. The lowest BCUT2D eigenvalue weighted by Gasteiger charge is -2.30. The van der Waals surface area contributed by atoms with E-state index in [0.717, 1.165) is 18.6 Å². The Hall–Kier alpha value is -1.50. The van der Waals surface area contributed by atoms with Crippen LogP contribution in [0.5, 0.6) is 0 Å². The molecule has 1 saturated heterocycles. The van der Waals surface area contributed by atoms with Gasteiger partial charge in [-0.1, -0.05) is 12.1 Å². The Kier molecular flexibility index (Phi) is 3.69. The monoisotopic (exact) mass is 291 g/mol. The number of para-hydroxylation sites is 1. The van der Waals surface area contributed by atoms with E-state index in [-0.39, 0.29) is 11.7 Å². The van der Waals surface area contributed by atoms with Crippen molar-refractivity contribution in [2.45, 2.75) is 12.6 Å². The second kappa shape index (κ2) is 5.47. The van der Waals surface area contributed by atoms with Crippen molar-refractivity contribution in [2.24, 2.45) is 0 Å². The van der Waals surface area contributed by atoms with Gasteiger partial charge in [-0.3, -0.25) is 9.36 Å². The van der Waals surface area contributed by atoms with Crippen LogP contribution in [0.4, 0.5) is 0 Å². The Morgan fingerprint density at radius 2 is 2.25 bits per heavy atom. The number of nitrogens with one attached hydrogen (secondary N) is 1. The first-order valence-electron chi connectivity index (χ1n) is 6.67. The van der Waals surface area contributed by atoms with Gasteiger partial charge in [0.1, 0.15) is 0 Å². The van der Waals surface area contributed by atoms with Crippen LogP contribution < -0.4 is 5.56 Å². The number of aromatic amines is 1. The van der Waals surface area contributed by atoms with Crippen LogP contribution in [0.1, 0.15) is 0 Å². The van der Waals surface area contributed by atoms with Gasteiger partial charge in [0, 0.05) is 13.1 Å². The third-order valence-electron chi connectivity index (χ3n) is 3.62. The van der Waals surface area contributed by atoms with Gasteiger partial charge in [-0.05, 0) is 31.4 Å². The zero-order valence-corrected chi connectivity index (χ0v) is 12.2. The van der Waals surface area contributed by atoms with E-state index in [1.165, 1.54) is 0 Å². The van der Waals surface area contributed by atoms with Crippen LogP contribution >= 0.6 is 12.2 Å². The van der Waals surface area contributed by atoms with E-state index in [4.69, 9.17) is 17.0 Å². The summed E-state index contributed by atoms with van der Waals surface area (Å²) < 4.78 is 7.76.